The molecule has 17 heavy (non-hydrogen) atoms. The summed E-state index contributed by atoms with van der Waals surface area (Å²) in [5, 5.41) is 0. The van der Waals surface area contributed by atoms with E-state index in [0.29, 0.717) is 0 Å². The summed E-state index contributed by atoms with van der Waals surface area (Å²) in [5.74, 6) is 2.12. The van der Waals surface area contributed by atoms with Gasteiger partial charge in [-0.2, -0.15) is 0 Å². The number of nitrogens with zero attached hydrogens (tertiary/aromatic N) is 2. The van der Waals surface area contributed by atoms with E-state index in [1.54, 1.807) is 6.42 Å². The minimum atomic E-state index is 0.987. The maximum Gasteiger partial charge on any atom is 0.0127 e. The first-order chi connectivity index (χ1) is 8.42. The molecule has 2 unspecified atom stereocenters. The summed E-state index contributed by atoms with van der Waals surface area (Å²) in [6.07, 6.45) is 10.5. The molecule has 2 aliphatic carbocycles. The second-order valence-electron chi connectivity index (χ2n) is 6.85. The van der Waals surface area contributed by atoms with Gasteiger partial charge in [-0.15, -0.1) is 0 Å². The third kappa shape index (κ3) is 1.76. The quantitative estimate of drug-likeness (QED) is 0.723. The van der Waals surface area contributed by atoms with Gasteiger partial charge in [0.25, 0.3) is 0 Å². The normalized spacial score (nSPS) is 47.3. The Morgan fingerprint density at radius 3 is 1.29 bits per heavy atom. The van der Waals surface area contributed by atoms with Crippen molar-refractivity contribution in [2.45, 2.75) is 57.0 Å². The van der Waals surface area contributed by atoms with Gasteiger partial charge in [-0.05, 0) is 83.0 Å². The maximum absolute atomic E-state index is 2.82. The number of likely N-dealkylation sites (tertiary alicyclic amines) is 2. The van der Waals surface area contributed by atoms with Crippen molar-refractivity contribution in [1.82, 2.24) is 9.80 Å². The molecule has 4 fully saturated rings. The molecule has 2 saturated carbocycles. The van der Waals surface area contributed by atoms with E-state index in [1.165, 1.54) is 64.7 Å². The largest absolute Gasteiger partial charge is 0.300 e. The summed E-state index contributed by atoms with van der Waals surface area (Å²) in [6.45, 7) is 5.62. The summed E-state index contributed by atoms with van der Waals surface area (Å²) >= 11 is 0. The van der Waals surface area contributed by atoms with E-state index in [9.17, 15) is 0 Å². The average Bonchev–Trinajstić information content (AvgIpc) is 3.12. The lowest BCUT2D eigenvalue weighted by Crippen LogP contribution is -2.44. The molecule has 4 aliphatic rings. The molecule has 96 valence electrons. The molecule has 4 atom stereocenters. The highest BCUT2D eigenvalue weighted by molar-refractivity contribution is 5.04. The van der Waals surface area contributed by atoms with Gasteiger partial charge in [-0.25, -0.2) is 0 Å². The van der Waals surface area contributed by atoms with Crippen molar-refractivity contribution in [1.29, 1.82) is 0 Å². The van der Waals surface area contributed by atoms with Crippen molar-refractivity contribution in [2.24, 2.45) is 11.8 Å². The van der Waals surface area contributed by atoms with Crippen LogP contribution in [0.5, 0.6) is 0 Å². The van der Waals surface area contributed by atoms with Crippen LogP contribution in [0.2, 0.25) is 0 Å². The van der Waals surface area contributed by atoms with Gasteiger partial charge < -0.3 is 9.80 Å². The lowest BCUT2D eigenvalue weighted by atomic mass is 9.89. The van der Waals surface area contributed by atoms with Gasteiger partial charge in [0, 0.05) is 12.1 Å². The van der Waals surface area contributed by atoms with Gasteiger partial charge >= 0.3 is 0 Å². The van der Waals surface area contributed by atoms with Crippen LogP contribution in [-0.2, 0) is 0 Å². The Kier molecular flexibility index (Phi) is 2.69. The van der Waals surface area contributed by atoms with Crippen molar-refractivity contribution < 1.29 is 0 Å². The monoisotopic (exact) mass is 234 g/mol. The maximum atomic E-state index is 2.82. The van der Waals surface area contributed by atoms with Crippen molar-refractivity contribution in [3.8, 4) is 0 Å². The topological polar surface area (TPSA) is 6.48 Å². The van der Waals surface area contributed by atoms with E-state index in [4.69, 9.17) is 0 Å². The minimum absolute atomic E-state index is 0.987. The molecule has 2 heteroatoms. The molecule has 2 bridgehead atoms. The standard InChI is InChI=1S/C15H26N2/c1-2-6-16(5-1)14-10-13-9-12(14)11-15(13)17-7-3-4-8-17/h12-15H,1-11H2/t12?,13?,14-,15-/m0/s1. The van der Waals surface area contributed by atoms with Gasteiger partial charge in [0.2, 0.25) is 0 Å². The molecule has 4 rings (SSSR count). The Bertz CT molecular complexity index is 251. The van der Waals surface area contributed by atoms with Gasteiger partial charge in [-0.3, -0.25) is 0 Å². The Morgan fingerprint density at radius 1 is 0.529 bits per heavy atom. The van der Waals surface area contributed by atoms with E-state index < -0.39 is 0 Å². The van der Waals surface area contributed by atoms with Crippen molar-refractivity contribution >= 4 is 0 Å². The smallest absolute Gasteiger partial charge is 0.0127 e. The van der Waals surface area contributed by atoms with Crippen molar-refractivity contribution in [2.75, 3.05) is 26.2 Å². The van der Waals surface area contributed by atoms with Crippen LogP contribution < -0.4 is 0 Å². The second-order valence-corrected chi connectivity index (χ2v) is 6.85. The van der Waals surface area contributed by atoms with Gasteiger partial charge in [0.15, 0.2) is 0 Å². The predicted molar refractivity (Wildman–Crippen MR) is 70.0 cm³/mol. The van der Waals surface area contributed by atoms with Crippen LogP contribution in [0, 0.1) is 11.8 Å². The molecule has 0 spiro atoms. The number of rotatable bonds is 2. The lowest BCUT2D eigenvalue weighted by Gasteiger charge is -2.37. The molecule has 2 nitrogen and oxygen atoms in total. The summed E-state index contributed by atoms with van der Waals surface area (Å²) < 4.78 is 0. The van der Waals surface area contributed by atoms with Crippen molar-refractivity contribution in [3.63, 3.8) is 0 Å². The van der Waals surface area contributed by atoms with Crippen LogP contribution in [0.15, 0.2) is 0 Å². The van der Waals surface area contributed by atoms with Crippen LogP contribution >= 0.6 is 0 Å². The van der Waals surface area contributed by atoms with E-state index in [2.05, 4.69) is 9.80 Å². The fourth-order valence-corrected chi connectivity index (χ4v) is 5.26. The van der Waals surface area contributed by atoms with Crippen LogP contribution in [0.25, 0.3) is 0 Å². The molecule has 0 N–H and O–H groups in total. The Balaban J connectivity index is 1.41. The van der Waals surface area contributed by atoms with Crippen LogP contribution in [0.3, 0.4) is 0 Å². The molecule has 0 radical (unpaired) electrons. The van der Waals surface area contributed by atoms with Gasteiger partial charge in [0.1, 0.15) is 0 Å². The first-order valence-electron chi connectivity index (χ1n) is 7.90. The third-order valence-electron chi connectivity index (χ3n) is 6.00. The molecule has 0 aromatic heterocycles. The van der Waals surface area contributed by atoms with E-state index in [-0.39, 0.29) is 0 Å². The minimum Gasteiger partial charge on any atom is -0.300 e. The average molecular weight is 234 g/mol. The van der Waals surface area contributed by atoms with Gasteiger partial charge in [-0.1, -0.05) is 0 Å². The van der Waals surface area contributed by atoms with Crippen molar-refractivity contribution in [3.05, 3.63) is 0 Å². The number of hydrogen-bond acceptors (Lipinski definition) is 2. The molecular weight excluding hydrogens is 208 g/mol. The van der Waals surface area contributed by atoms with Crippen LogP contribution in [-0.4, -0.2) is 48.1 Å². The van der Waals surface area contributed by atoms with Crippen LogP contribution in [0.4, 0.5) is 0 Å². The Morgan fingerprint density at radius 2 is 0.941 bits per heavy atom. The summed E-state index contributed by atoms with van der Waals surface area (Å²) in [7, 11) is 0. The zero-order chi connectivity index (χ0) is 11.2. The second kappa shape index (κ2) is 4.24. The SMILES string of the molecule is C1CCN([C@H]2CC3CC2C[C@@H]3N2CCCC2)C1. The molecule has 2 aliphatic heterocycles. The summed E-state index contributed by atoms with van der Waals surface area (Å²) in [5.41, 5.74) is 0. The molecule has 2 heterocycles. The zero-order valence-electron chi connectivity index (χ0n) is 11.0. The van der Waals surface area contributed by atoms with Crippen LogP contribution in [0.1, 0.15) is 44.9 Å². The molecule has 0 aromatic carbocycles. The molecular formula is C15H26N2. The summed E-state index contributed by atoms with van der Waals surface area (Å²) in [6, 6.07) is 1.97. The summed E-state index contributed by atoms with van der Waals surface area (Å²) in [4.78, 5) is 5.65. The predicted octanol–water partition coefficient (Wildman–Crippen LogP) is 2.35. The Labute approximate surface area is 105 Å². The van der Waals surface area contributed by atoms with E-state index in [1.807, 2.05) is 0 Å². The third-order valence-corrected chi connectivity index (χ3v) is 6.00. The highest BCUT2D eigenvalue weighted by atomic mass is 15.2. The fourth-order valence-electron chi connectivity index (χ4n) is 5.26. The zero-order valence-corrected chi connectivity index (χ0v) is 11.0. The molecule has 0 amide bonds. The highest BCUT2D eigenvalue weighted by Gasteiger charge is 2.49. The molecule has 2 saturated heterocycles. The first kappa shape index (κ1) is 10.8. The van der Waals surface area contributed by atoms with E-state index in [0.717, 1.165) is 23.9 Å². The lowest BCUT2D eigenvalue weighted by molar-refractivity contribution is 0.113. The fraction of sp³-hybridized carbons (Fsp3) is 1.00. The highest BCUT2D eigenvalue weighted by Crippen LogP contribution is 2.49. The van der Waals surface area contributed by atoms with Gasteiger partial charge in [0.05, 0.1) is 0 Å². The number of fused-ring (bicyclic) bond motifs is 2. The van der Waals surface area contributed by atoms with E-state index >= 15 is 0 Å². The molecule has 0 aromatic rings. The number of hydrogen-bond donors (Lipinski definition) is 0. The Hall–Kier alpha value is -0.0800. The first-order valence-corrected chi connectivity index (χ1v) is 7.90.